The predicted molar refractivity (Wildman–Crippen MR) is 69.6 cm³/mol. The SMILES string of the molecule is CCC(C)CNC(=O)c1ccc(S(N)(=O)=O)cc1. The Morgan fingerprint density at radius 1 is 1.33 bits per heavy atom. The summed E-state index contributed by atoms with van der Waals surface area (Å²) in [5, 5.41) is 7.76. The van der Waals surface area contributed by atoms with Crippen LogP contribution in [-0.2, 0) is 10.0 Å². The fourth-order valence-electron chi connectivity index (χ4n) is 1.31. The van der Waals surface area contributed by atoms with Gasteiger partial charge in [0.25, 0.3) is 5.91 Å². The lowest BCUT2D eigenvalue weighted by atomic mass is 10.1. The quantitative estimate of drug-likeness (QED) is 0.840. The van der Waals surface area contributed by atoms with Gasteiger partial charge in [-0.15, -0.1) is 0 Å². The van der Waals surface area contributed by atoms with Gasteiger partial charge < -0.3 is 5.32 Å². The van der Waals surface area contributed by atoms with Crippen LogP contribution in [0, 0.1) is 5.92 Å². The Morgan fingerprint density at radius 2 is 1.89 bits per heavy atom. The van der Waals surface area contributed by atoms with Crippen molar-refractivity contribution in [3.63, 3.8) is 0 Å². The molecule has 100 valence electrons. The number of primary sulfonamides is 1. The summed E-state index contributed by atoms with van der Waals surface area (Å²) in [7, 11) is -3.71. The first-order chi connectivity index (χ1) is 8.34. The molecule has 0 radical (unpaired) electrons. The smallest absolute Gasteiger partial charge is 0.251 e. The Hall–Kier alpha value is -1.40. The Morgan fingerprint density at radius 3 is 2.33 bits per heavy atom. The van der Waals surface area contributed by atoms with Gasteiger partial charge in [-0.2, -0.15) is 0 Å². The summed E-state index contributed by atoms with van der Waals surface area (Å²) in [5.74, 6) is 0.203. The standard InChI is InChI=1S/C12H18N2O3S/c1-3-9(2)8-14-12(15)10-4-6-11(7-5-10)18(13,16)17/h4-7,9H,3,8H2,1-2H3,(H,14,15)(H2,13,16,17). The minimum atomic E-state index is -3.71. The first-order valence-corrected chi connectivity index (χ1v) is 7.30. The fraction of sp³-hybridized carbons (Fsp3) is 0.417. The molecule has 0 aromatic heterocycles. The van der Waals surface area contributed by atoms with E-state index >= 15 is 0 Å². The fourth-order valence-corrected chi connectivity index (χ4v) is 1.82. The zero-order chi connectivity index (χ0) is 13.8. The second-order valence-electron chi connectivity index (χ2n) is 4.29. The Kier molecular flexibility index (Phi) is 4.86. The van der Waals surface area contributed by atoms with E-state index in [4.69, 9.17) is 5.14 Å². The zero-order valence-corrected chi connectivity index (χ0v) is 11.3. The molecule has 5 nitrogen and oxygen atoms in total. The monoisotopic (exact) mass is 270 g/mol. The van der Waals surface area contributed by atoms with Crippen LogP contribution >= 0.6 is 0 Å². The third-order valence-corrected chi connectivity index (χ3v) is 3.68. The number of benzene rings is 1. The van der Waals surface area contributed by atoms with Crippen molar-refractivity contribution in [3.8, 4) is 0 Å². The van der Waals surface area contributed by atoms with Gasteiger partial charge in [0.05, 0.1) is 4.90 Å². The van der Waals surface area contributed by atoms with Gasteiger partial charge in [0.2, 0.25) is 10.0 Å². The Labute approximate surface area is 107 Å². The van der Waals surface area contributed by atoms with E-state index in [-0.39, 0.29) is 10.8 Å². The van der Waals surface area contributed by atoms with E-state index in [1.165, 1.54) is 24.3 Å². The summed E-state index contributed by atoms with van der Waals surface area (Å²) in [6.45, 7) is 4.70. The largest absolute Gasteiger partial charge is 0.352 e. The van der Waals surface area contributed by atoms with E-state index in [0.29, 0.717) is 18.0 Å². The van der Waals surface area contributed by atoms with E-state index in [1.807, 2.05) is 6.92 Å². The molecule has 0 saturated carbocycles. The molecule has 18 heavy (non-hydrogen) atoms. The zero-order valence-electron chi connectivity index (χ0n) is 10.5. The molecule has 0 aliphatic heterocycles. The highest BCUT2D eigenvalue weighted by molar-refractivity contribution is 7.89. The van der Waals surface area contributed by atoms with Crippen LogP contribution in [0.4, 0.5) is 0 Å². The van der Waals surface area contributed by atoms with Crippen molar-refractivity contribution in [3.05, 3.63) is 29.8 Å². The molecule has 1 unspecified atom stereocenters. The molecule has 1 aromatic carbocycles. The average Bonchev–Trinajstić information content (AvgIpc) is 2.34. The molecule has 6 heteroatoms. The molecule has 1 rings (SSSR count). The van der Waals surface area contributed by atoms with Crippen molar-refractivity contribution in [1.82, 2.24) is 5.32 Å². The number of hydrogen-bond acceptors (Lipinski definition) is 3. The van der Waals surface area contributed by atoms with Crippen LogP contribution in [0.3, 0.4) is 0 Å². The summed E-state index contributed by atoms with van der Waals surface area (Å²) >= 11 is 0. The molecule has 0 aliphatic carbocycles. The number of hydrogen-bond donors (Lipinski definition) is 2. The molecule has 0 aliphatic rings. The topological polar surface area (TPSA) is 89.3 Å². The van der Waals surface area contributed by atoms with E-state index in [9.17, 15) is 13.2 Å². The van der Waals surface area contributed by atoms with Crippen molar-refractivity contribution in [2.45, 2.75) is 25.2 Å². The number of carbonyl (C=O) groups excluding carboxylic acids is 1. The molecule has 0 spiro atoms. The molecule has 0 heterocycles. The maximum Gasteiger partial charge on any atom is 0.251 e. The number of sulfonamides is 1. The van der Waals surface area contributed by atoms with Crippen LogP contribution in [-0.4, -0.2) is 20.9 Å². The maximum atomic E-state index is 11.7. The van der Waals surface area contributed by atoms with E-state index in [2.05, 4.69) is 12.2 Å². The first-order valence-electron chi connectivity index (χ1n) is 5.75. The van der Waals surface area contributed by atoms with Gasteiger partial charge in [0, 0.05) is 12.1 Å². The number of nitrogens with two attached hydrogens (primary N) is 1. The van der Waals surface area contributed by atoms with Crippen LogP contribution in [0.1, 0.15) is 30.6 Å². The molecule has 0 fully saturated rings. The number of carbonyl (C=O) groups is 1. The van der Waals surface area contributed by atoms with E-state index in [1.54, 1.807) is 0 Å². The predicted octanol–water partition coefficient (Wildman–Crippen LogP) is 1.11. The van der Waals surface area contributed by atoms with Crippen LogP contribution in [0.2, 0.25) is 0 Å². The third-order valence-electron chi connectivity index (χ3n) is 2.75. The second-order valence-corrected chi connectivity index (χ2v) is 5.85. The average molecular weight is 270 g/mol. The van der Waals surface area contributed by atoms with E-state index in [0.717, 1.165) is 6.42 Å². The molecule has 1 aromatic rings. The highest BCUT2D eigenvalue weighted by atomic mass is 32.2. The van der Waals surface area contributed by atoms with Gasteiger partial charge in [0.15, 0.2) is 0 Å². The number of rotatable bonds is 5. The van der Waals surface area contributed by atoms with Crippen LogP contribution in [0.15, 0.2) is 29.2 Å². The van der Waals surface area contributed by atoms with Gasteiger partial charge in [-0.25, -0.2) is 13.6 Å². The van der Waals surface area contributed by atoms with E-state index < -0.39 is 10.0 Å². The summed E-state index contributed by atoms with van der Waals surface area (Å²) in [6, 6.07) is 5.55. The molecular formula is C12H18N2O3S. The minimum absolute atomic E-state index is 0.000904. The Bertz CT molecular complexity index is 509. The minimum Gasteiger partial charge on any atom is -0.352 e. The van der Waals surface area contributed by atoms with Gasteiger partial charge in [-0.3, -0.25) is 4.79 Å². The van der Waals surface area contributed by atoms with Crippen LogP contribution in [0.25, 0.3) is 0 Å². The lowest BCUT2D eigenvalue weighted by Gasteiger charge is -2.10. The summed E-state index contributed by atoms with van der Waals surface area (Å²) < 4.78 is 22.1. The number of amides is 1. The van der Waals surface area contributed by atoms with Gasteiger partial charge >= 0.3 is 0 Å². The molecular weight excluding hydrogens is 252 g/mol. The molecule has 0 bridgehead atoms. The highest BCUT2D eigenvalue weighted by Gasteiger charge is 2.10. The Balaban J connectivity index is 2.71. The summed E-state index contributed by atoms with van der Waals surface area (Å²) in [6.07, 6.45) is 0.991. The lowest BCUT2D eigenvalue weighted by molar-refractivity contribution is 0.0947. The maximum absolute atomic E-state index is 11.7. The van der Waals surface area contributed by atoms with Gasteiger partial charge in [-0.05, 0) is 30.2 Å². The van der Waals surface area contributed by atoms with Crippen molar-refractivity contribution in [1.29, 1.82) is 0 Å². The van der Waals surface area contributed by atoms with Crippen molar-refractivity contribution < 1.29 is 13.2 Å². The third kappa shape index (κ3) is 4.12. The van der Waals surface area contributed by atoms with Crippen molar-refractivity contribution >= 4 is 15.9 Å². The van der Waals surface area contributed by atoms with Gasteiger partial charge in [0.1, 0.15) is 0 Å². The second kappa shape index (κ2) is 5.97. The molecule has 3 N–H and O–H groups in total. The molecule has 0 saturated heterocycles. The van der Waals surface area contributed by atoms with Crippen LogP contribution < -0.4 is 10.5 Å². The molecule has 1 atom stereocenters. The van der Waals surface area contributed by atoms with Crippen molar-refractivity contribution in [2.75, 3.05) is 6.54 Å². The lowest BCUT2D eigenvalue weighted by Crippen LogP contribution is -2.28. The summed E-state index contributed by atoms with van der Waals surface area (Å²) in [5.41, 5.74) is 0.422. The van der Waals surface area contributed by atoms with Crippen molar-refractivity contribution in [2.24, 2.45) is 11.1 Å². The highest BCUT2D eigenvalue weighted by Crippen LogP contribution is 2.09. The normalized spacial score (nSPS) is 13.1. The van der Waals surface area contributed by atoms with Crippen LogP contribution in [0.5, 0.6) is 0 Å². The number of nitrogens with one attached hydrogen (secondary N) is 1. The first kappa shape index (κ1) is 14.7. The van der Waals surface area contributed by atoms with Gasteiger partial charge in [-0.1, -0.05) is 20.3 Å². The summed E-state index contributed by atoms with van der Waals surface area (Å²) in [4.78, 5) is 11.7. The molecule has 1 amide bonds.